The van der Waals surface area contributed by atoms with Gasteiger partial charge in [0.25, 0.3) is 0 Å². The monoisotopic (exact) mass is 241 g/mol. The number of nitrogens with one attached hydrogen (secondary N) is 1. The topological polar surface area (TPSA) is 21.3 Å². The Morgan fingerprint density at radius 2 is 2.12 bits per heavy atom. The Bertz CT molecular complexity index is 328. The van der Waals surface area contributed by atoms with E-state index < -0.39 is 0 Å². The Morgan fingerprint density at radius 1 is 1.38 bits per heavy atom. The van der Waals surface area contributed by atoms with Gasteiger partial charge in [0.05, 0.1) is 0 Å². The predicted octanol–water partition coefficient (Wildman–Crippen LogP) is 3.28. The largest absolute Gasteiger partial charge is 0.489 e. The molecule has 0 saturated heterocycles. The van der Waals surface area contributed by atoms with Gasteiger partial charge in [0.2, 0.25) is 0 Å². The maximum atomic E-state index is 6.05. The van der Waals surface area contributed by atoms with Crippen LogP contribution in [0.15, 0.2) is 18.2 Å². The lowest BCUT2D eigenvalue weighted by Gasteiger charge is -2.15. The third-order valence-electron chi connectivity index (χ3n) is 2.42. The molecule has 0 fully saturated rings. The van der Waals surface area contributed by atoms with Crippen LogP contribution in [0.2, 0.25) is 5.02 Å². The lowest BCUT2D eigenvalue weighted by atomic mass is 10.1. The lowest BCUT2D eigenvalue weighted by Crippen LogP contribution is -2.28. The molecule has 0 amide bonds. The zero-order valence-electron chi connectivity index (χ0n) is 10.2. The highest BCUT2D eigenvalue weighted by Gasteiger charge is 2.05. The van der Waals surface area contributed by atoms with Crippen molar-refractivity contribution in [1.82, 2.24) is 5.32 Å². The summed E-state index contributed by atoms with van der Waals surface area (Å²) in [4.78, 5) is 0. The lowest BCUT2D eigenvalue weighted by molar-refractivity contribution is 0.218. The number of benzene rings is 1. The van der Waals surface area contributed by atoms with E-state index in [1.54, 1.807) is 0 Å². The van der Waals surface area contributed by atoms with E-state index in [1.807, 2.05) is 18.2 Å². The minimum Gasteiger partial charge on any atom is -0.489 e. The molecule has 0 aliphatic heterocycles. The smallest absolute Gasteiger partial charge is 0.120 e. The third kappa shape index (κ3) is 4.03. The molecule has 1 atom stereocenters. The maximum absolute atomic E-state index is 6.05. The SMILES string of the molecule is CCNCC(C)Oc1ccc(Cl)c(CC)c1. The molecule has 0 aromatic heterocycles. The molecular weight excluding hydrogens is 222 g/mol. The first-order valence-electron chi connectivity index (χ1n) is 5.83. The molecule has 0 radical (unpaired) electrons. The number of ether oxygens (including phenoxy) is 1. The molecule has 3 heteroatoms. The van der Waals surface area contributed by atoms with Gasteiger partial charge in [0.15, 0.2) is 0 Å². The van der Waals surface area contributed by atoms with E-state index in [9.17, 15) is 0 Å². The van der Waals surface area contributed by atoms with E-state index in [-0.39, 0.29) is 6.10 Å². The van der Waals surface area contributed by atoms with Gasteiger partial charge in [-0.25, -0.2) is 0 Å². The number of halogens is 1. The molecule has 1 N–H and O–H groups in total. The quantitative estimate of drug-likeness (QED) is 0.825. The molecule has 90 valence electrons. The molecule has 1 aromatic carbocycles. The normalized spacial score (nSPS) is 12.5. The fraction of sp³-hybridized carbons (Fsp3) is 0.538. The number of aryl methyl sites for hydroxylation is 1. The van der Waals surface area contributed by atoms with Crippen molar-refractivity contribution in [1.29, 1.82) is 0 Å². The molecule has 0 aliphatic rings. The van der Waals surface area contributed by atoms with Crippen LogP contribution in [0.1, 0.15) is 26.3 Å². The Kier molecular flexibility index (Phi) is 5.64. The molecule has 2 nitrogen and oxygen atoms in total. The minimum absolute atomic E-state index is 0.172. The van der Waals surface area contributed by atoms with Crippen LogP contribution in [0.5, 0.6) is 5.75 Å². The molecule has 0 heterocycles. The minimum atomic E-state index is 0.172. The van der Waals surface area contributed by atoms with Gasteiger partial charge in [-0.05, 0) is 43.7 Å². The first-order chi connectivity index (χ1) is 7.67. The highest BCUT2D eigenvalue weighted by molar-refractivity contribution is 6.31. The molecule has 1 unspecified atom stereocenters. The second-order valence-corrected chi connectivity index (χ2v) is 4.25. The second kappa shape index (κ2) is 6.77. The van der Waals surface area contributed by atoms with Crippen molar-refractivity contribution >= 4 is 11.6 Å². The van der Waals surface area contributed by atoms with Gasteiger partial charge in [-0.1, -0.05) is 25.4 Å². The number of hydrogen-bond acceptors (Lipinski definition) is 2. The van der Waals surface area contributed by atoms with Crippen molar-refractivity contribution < 1.29 is 4.74 Å². The van der Waals surface area contributed by atoms with Crippen LogP contribution in [-0.2, 0) is 6.42 Å². The average molecular weight is 242 g/mol. The van der Waals surface area contributed by atoms with Crippen LogP contribution < -0.4 is 10.1 Å². The Labute approximate surface area is 103 Å². The van der Waals surface area contributed by atoms with E-state index in [4.69, 9.17) is 16.3 Å². The van der Waals surface area contributed by atoms with Crippen molar-refractivity contribution in [2.45, 2.75) is 33.3 Å². The van der Waals surface area contributed by atoms with Crippen LogP contribution >= 0.6 is 11.6 Å². The first-order valence-corrected chi connectivity index (χ1v) is 6.21. The van der Waals surface area contributed by atoms with Gasteiger partial charge >= 0.3 is 0 Å². The molecule has 16 heavy (non-hydrogen) atoms. The van der Waals surface area contributed by atoms with Crippen molar-refractivity contribution in [3.05, 3.63) is 28.8 Å². The summed E-state index contributed by atoms with van der Waals surface area (Å²) >= 11 is 6.05. The van der Waals surface area contributed by atoms with Crippen molar-refractivity contribution in [3.63, 3.8) is 0 Å². The zero-order chi connectivity index (χ0) is 12.0. The fourth-order valence-corrected chi connectivity index (χ4v) is 1.77. The molecule has 0 bridgehead atoms. The number of likely N-dealkylation sites (N-methyl/N-ethyl adjacent to an activating group) is 1. The molecular formula is C13H20ClNO. The second-order valence-electron chi connectivity index (χ2n) is 3.84. The van der Waals surface area contributed by atoms with Gasteiger partial charge in [-0.15, -0.1) is 0 Å². The average Bonchev–Trinajstić information content (AvgIpc) is 2.29. The summed E-state index contributed by atoms with van der Waals surface area (Å²) in [5.41, 5.74) is 1.13. The molecule has 1 aromatic rings. The maximum Gasteiger partial charge on any atom is 0.120 e. The first kappa shape index (κ1) is 13.3. The van der Waals surface area contributed by atoms with Crippen LogP contribution in [-0.4, -0.2) is 19.2 Å². The van der Waals surface area contributed by atoms with Gasteiger partial charge < -0.3 is 10.1 Å². The van der Waals surface area contributed by atoms with Gasteiger partial charge in [-0.2, -0.15) is 0 Å². The summed E-state index contributed by atoms with van der Waals surface area (Å²) in [6.07, 6.45) is 1.10. The van der Waals surface area contributed by atoms with E-state index in [2.05, 4.69) is 26.1 Å². The van der Waals surface area contributed by atoms with E-state index in [1.165, 1.54) is 0 Å². The predicted molar refractivity (Wildman–Crippen MR) is 69.5 cm³/mol. The summed E-state index contributed by atoms with van der Waals surface area (Å²) in [5.74, 6) is 0.895. The zero-order valence-corrected chi connectivity index (χ0v) is 11.0. The molecule has 0 aliphatic carbocycles. The molecule has 0 saturated carbocycles. The van der Waals surface area contributed by atoms with Crippen molar-refractivity contribution in [2.75, 3.05) is 13.1 Å². The van der Waals surface area contributed by atoms with Crippen LogP contribution in [0.4, 0.5) is 0 Å². The standard InChI is InChI=1S/C13H20ClNO/c1-4-11-8-12(6-7-13(11)14)16-10(3)9-15-5-2/h6-8,10,15H,4-5,9H2,1-3H3. The van der Waals surface area contributed by atoms with E-state index in [0.29, 0.717) is 0 Å². The fourth-order valence-electron chi connectivity index (χ4n) is 1.52. The summed E-state index contributed by atoms with van der Waals surface area (Å²) in [5, 5.41) is 4.07. The van der Waals surface area contributed by atoms with Crippen LogP contribution in [0.25, 0.3) is 0 Å². The van der Waals surface area contributed by atoms with E-state index in [0.717, 1.165) is 35.8 Å². The highest BCUT2D eigenvalue weighted by atomic mass is 35.5. The van der Waals surface area contributed by atoms with E-state index >= 15 is 0 Å². The Hall–Kier alpha value is -0.730. The van der Waals surface area contributed by atoms with Crippen LogP contribution in [0.3, 0.4) is 0 Å². The summed E-state index contributed by atoms with van der Waals surface area (Å²) in [7, 11) is 0. The van der Waals surface area contributed by atoms with Gasteiger partial charge in [0, 0.05) is 11.6 Å². The number of hydrogen-bond donors (Lipinski definition) is 1. The Balaban J connectivity index is 2.59. The van der Waals surface area contributed by atoms with Gasteiger partial charge in [0.1, 0.15) is 11.9 Å². The van der Waals surface area contributed by atoms with Gasteiger partial charge in [-0.3, -0.25) is 0 Å². The van der Waals surface area contributed by atoms with Crippen molar-refractivity contribution in [3.8, 4) is 5.75 Å². The molecule has 0 spiro atoms. The molecule has 1 rings (SSSR count). The number of rotatable bonds is 6. The highest BCUT2D eigenvalue weighted by Crippen LogP contribution is 2.23. The summed E-state index contributed by atoms with van der Waals surface area (Å²) in [6.45, 7) is 8.06. The summed E-state index contributed by atoms with van der Waals surface area (Å²) in [6, 6.07) is 5.84. The Morgan fingerprint density at radius 3 is 2.75 bits per heavy atom. The third-order valence-corrected chi connectivity index (χ3v) is 2.79. The summed E-state index contributed by atoms with van der Waals surface area (Å²) < 4.78 is 5.79. The van der Waals surface area contributed by atoms with Crippen molar-refractivity contribution in [2.24, 2.45) is 0 Å². The van der Waals surface area contributed by atoms with Crippen LogP contribution in [0, 0.1) is 0 Å².